The number of carbonyl (C=O) groups excluding carboxylic acids is 1. The molecule has 0 aliphatic heterocycles. The van der Waals surface area contributed by atoms with E-state index in [-0.39, 0.29) is 0 Å². The van der Waals surface area contributed by atoms with E-state index in [4.69, 9.17) is 0 Å². The van der Waals surface area contributed by atoms with Gasteiger partial charge in [0.15, 0.2) is 0 Å². The van der Waals surface area contributed by atoms with Gasteiger partial charge in [-0.25, -0.2) is 4.79 Å². The molecule has 0 aromatic heterocycles. The molecule has 0 radical (unpaired) electrons. The van der Waals surface area contributed by atoms with E-state index in [1.54, 1.807) is 7.05 Å². The molecule has 1 N–H and O–H groups in total. The summed E-state index contributed by atoms with van der Waals surface area (Å²) in [5, 5.41) is 2.23. The zero-order chi connectivity index (χ0) is 7.28. The second-order valence-corrected chi connectivity index (χ2v) is 2.71. The van der Waals surface area contributed by atoms with Gasteiger partial charge in [0.1, 0.15) is 4.32 Å². The lowest BCUT2D eigenvalue weighted by atomic mass is 11.2. The molecule has 0 fully saturated rings. The van der Waals surface area contributed by atoms with Crippen LogP contribution in [0.5, 0.6) is 0 Å². The summed E-state index contributed by atoms with van der Waals surface area (Å²) in [4.78, 5) is 10.4. The fourth-order valence-electron chi connectivity index (χ4n) is 0.168. The van der Waals surface area contributed by atoms with E-state index in [2.05, 4.69) is 22.3 Å². The van der Waals surface area contributed by atoms with Gasteiger partial charge in [-0.2, -0.15) is 0 Å². The quantitative estimate of drug-likeness (QED) is 0.428. The Balaban J connectivity index is 3.47. The molecule has 52 valence electrons. The second-order valence-electron chi connectivity index (χ2n) is 1.09. The van der Waals surface area contributed by atoms with E-state index < -0.39 is 5.30 Å². The van der Waals surface area contributed by atoms with Crippen LogP contribution in [0.25, 0.3) is 0 Å². The van der Waals surface area contributed by atoms with Crippen LogP contribution in [0.4, 0.5) is 4.79 Å². The van der Waals surface area contributed by atoms with Crippen LogP contribution in [0.15, 0.2) is 0 Å². The van der Waals surface area contributed by atoms with E-state index in [0.29, 0.717) is 4.32 Å². The highest BCUT2D eigenvalue weighted by Crippen LogP contribution is 2.04. The molecule has 0 aliphatic rings. The molecule has 0 atom stereocenters. The van der Waals surface area contributed by atoms with Gasteiger partial charge in [-0.3, -0.25) is 0 Å². The van der Waals surface area contributed by atoms with Crippen LogP contribution in [-0.4, -0.2) is 23.8 Å². The van der Waals surface area contributed by atoms with E-state index in [1.807, 2.05) is 0 Å². The van der Waals surface area contributed by atoms with E-state index in [9.17, 15) is 4.79 Å². The van der Waals surface area contributed by atoms with Crippen molar-refractivity contribution in [2.24, 2.45) is 0 Å². The Bertz CT molecular complexity index is 112. The molecule has 5 heteroatoms. The smallest absolute Gasteiger partial charge is 0.374 e. The molecule has 0 rings (SSSR count). The third-order valence-electron chi connectivity index (χ3n) is 0.547. The monoisotopic (exact) mass is 165 g/mol. The van der Waals surface area contributed by atoms with Gasteiger partial charge in [-0.05, 0) is 0 Å². The maximum absolute atomic E-state index is 10.4. The minimum atomic E-state index is -0.394. The normalized spacial score (nSPS) is 8.22. The highest BCUT2D eigenvalue weighted by atomic mass is 32.2. The SMILES string of the molecule is CNC(=S)SC(=O)OC. The summed E-state index contributed by atoms with van der Waals surface area (Å²) in [5.41, 5.74) is 0. The number of hydrogen-bond donors (Lipinski definition) is 1. The number of methoxy groups -OCH3 is 1. The zero-order valence-corrected chi connectivity index (χ0v) is 6.77. The summed E-state index contributed by atoms with van der Waals surface area (Å²) < 4.78 is 4.74. The lowest BCUT2D eigenvalue weighted by molar-refractivity contribution is 0.200. The van der Waals surface area contributed by atoms with Crippen LogP contribution < -0.4 is 5.32 Å². The van der Waals surface area contributed by atoms with Gasteiger partial charge >= 0.3 is 5.30 Å². The van der Waals surface area contributed by atoms with E-state index in [0.717, 1.165) is 11.8 Å². The van der Waals surface area contributed by atoms with E-state index >= 15 is 0 Å². The molecule has 0 saturated carbocycles. The topological polar surface area (TPSA) is 38.3 Å². The lowest BCUT2D eigenvalue weighted by Crippen LogP contribution is -2.13. The minimum absolute atomic E-state index is 0.394. The molecule has 0 heterocycles. The highest BCUT2D eigenvalue weighted by Gasteiger charge is 2.02. The summed E-state index contributed by atoms with van der Waals surface area (Å²) in [6, 6.07) is 0. The van der Waals surface area contributed by atoms with Gasteiger partial charge in [0.05, 0.1) is 7.11 Å². The maximum Gasteiger partial charge on any atom is 0.374 e. The number of thioether (sulfide) groups is 1. The zero-order valence-electron chi connectivity index (χ0n) is 5.13. The number of hydrogen-bond acceptors (Lipinski definition) is 4. The van der Waals surface area contributed by atoms with Gasteiger partial charge in [-0.1, -0.05) is 12.2 Å². The number of nitrogens with one attached hydrogen (secondary N) is 1. The Morgan fingerprint density at radius 1 is 1.78 bits per heavy atom. The molecule has 0 aromatic rings. The predicted octanol–water partition coefficient (Wildman–Crippen LogP) is 0.990. The standard InChI is InChI=1S/C4H7NO2S2/c1-5-3(8)9-4(6)7-2/h1-2H3,(H,5,8). The Labute approximate surface area is 63.1 Å². The largest absolute Gasteiger partial charge is 0.461 e. The van der Waals surface area contributed by atoms with Gasteiger partial charge < -0.3 is 10.1 Å². The number of carbonyl (C=O) groups is 1. The van der Waals surface area contributed by atoms with Crippen molar-refractivity contribution in [2.75, 3.05) is 14.2 Å². The number of ether oxygens (including phenoxy) is 1. The van der Waals surface area contributed by atoms with Crippen molar-refractivity contribution in [2.45, 2.75) is 0 Å². The van der Waals surface area contributed by atoms with Crippen molar-refractivity contribution in [3.8, 4) is 0 Å². The van der Waals surface area contributed by atoms with Gasteiger partial charge in [0, 0.05) is 18.8 Å². The third-order valence-corrected chi connectivity index (χ3v) is 1.72. The van der Waals surface area contributed by atoms with Crippen LogP contribution >= 0.6 is 24.0 Å². The summed E-state index contributed by atoms with van der Waals surface area (Å²) in [6.45, 7) is 0. The number of rotatable bonds is 0. The fourth-order valence-corrected chi connectivity index (χ4v) is 0.709. The van der Waals surface area contributed by atoms with Crippen LogP contribution in [-0.2, 0) is 4.74 Å². The average Bonchev–Trinajstić information content (AvgIpc) is 1.87. The first kappa shape index (κ1) is 8.71. The van der Waals surface area contributed by atoms with Crippen molar-refractivity contribution in [1.29, 1.82) is 0 Å². The van der Waals surface area contributed by atoms with Crippen molar-refractivity contribution in [3.05, 3.63) is 0 Å². The molecule has 0 saturated heterocycles. The molecular formula is C4H7NO2S2. The molecule has 3 nitrogen and oxygen atoms in total. The second kappa shape index (κ2) is 4.58. The van der Waals surface area contributed by atoms with E-state index in [1.165, 1.54) is 7.11 Å². The predicted molar refractivity (Wildman–Crippen MR) is 41.7 cm³/mol. The Kier molecular flexibility index (Phi) is 4.43. The first-order valence-electron chi connectivity index (χ1n) is 2.18. The van der Waals surface area contributed by atoms with Crippen LogP contribution in [0.3, 0.4) is 0 Å². The van der Waals surface area contributed by atoms with Crippen LogP contribution in [0.2, 0.25) is 0 Å². The molecular weight excluding hydrogens is 158 g/mol. The maximum atomic E-state index is 10.4. The lowest BCUT2D eigenvalue weighted by Gasteiger charge is -1.97. The van der Waals surface area contributed by atoms with Crippen LogP contribution in [0, 0.1) is 0 Å². The summed E-state index contributed by atoms with van der Waals surface area (Å²) in [5.74, 6) is 0. The Morgan fingerprint density at radius 2 is 2.33 bits per heavy atom. The van der Waals surface area contributed by atoms with Gasteiger partial charge in [-0.15, -0.1) is 0 Å². The molecule has 9 heavy (non-hydrogen) atoms. The molecule has 0 aliphatic carbocycles. The highest BCUT2D eigenvalue weighted by molar-refractivity contribution is 8.32. The van der Waals surface area contributed by atoms with Crippen molar-refractivity contribution >= 4 is 33.6 Å². The average molecular weight is 165 g/mol. The Hall–Kier alpha value is -0.290. The van der Waals surface area contributed by atoms with Gasteiger partial charge in [0.25, 0.3) is 0 Å². The fraction of sp³-hybridized carbons (Fsp3) is 0.500. The van der Waals surface area contributed by atoms with Crippen molar-refractivity contribution in [1.82, 2.24) is 5.32 Å². The first-order valence-corrected chi connectivity index (χ1v) is 3.40. The van der Waals surface area contributed by atoms with Gasteiger partial charge in [0.2, 0.25) is 0 Å². The molecule has 0 unspecified atom stereocenters. The number of thiocarbonyl (C=S) groups is 1. The van der Waals surface area contributed by atoms with Crippen molar-refractivity contribution < 1.29 is 9.53 Å². The third kappa shape index (κ3) is 4.23. The first-order chi connectivity index (χ1) is 4.20. The molecule has 0 bridgehead atoms. The van der Waals surface area contributed by atoms with Crippen molar-refractivity contribution in [3.63, 3.8) is 0 Å². The van der Waals surface area contributed by atoms with Crippen LogP contribution in [0.1, 0.15) is 0 Å². The summed E-state index contributed by atoms with van der Waals surface area (Å²) in [7, 11) is 2.96. The molecule has 0 spiro atoms. The molecule has 0 aromatic carbocycles. The Morgan fingerprint density at radius 3 is 2.67 bits per heavy atom. The summed E-state index contributed by atoms with van der Waals surface area (Å²) >= 11 is 5.51. The molecule has 0 amide bonds. The summed E-state index contributed by atoms with van der Waals surface area (Å²) in [6.07, 6.45) is 0. The minimum Gasteiger partial charge on any atom is -0.461 e.